The highest BCUT2D eigenvalue weighted by Gasteiger charge is 2.37. The molecule has 0 aromatic carbocycles. The van der Waals surface area contributed by atoms with E-state index in [0.717, 1.165) is 41.7 Å². The minimum absolute atomic E-state index is 0.771. The van der Waals surface area contributed by atoms with Gasteiger partial charge in [-0.25, -0.2) is 0 Å². The molecule has 1 saturated carbocycles. The smallest absolute Gasteiger partial charge is 0.00981 e. The Bertz CT molecular complexity index is 447. The van der Waals surface area contributed by atoms with Crippen LogP contribution in [0.4, 0.5) is 0 Å². The van der Waals surface area contributed by atoms with Crippen LogP contribution in [0.1, 0.15) is 119 Å². The molecule has 1 aliphatic carbocycles. The van der Waals surface area contributed by atoms with Crippen molar-refractivity contribution < 1.29 is 0 Å². The van der Waals surface area contributed by atoms with Gasteiger partial charge < -0.3 is 0 Å². The first-order chi connectivity index (χ1) is 14.0. The topological polar surface area (TPSA) is 3.24 Å². The third-order valence-corrected chi connectivity index (χ3v) is 8.49. The molecule has 0 amide bonds. The predicted molar refractivity (Wildman–Crippen MR) is 130 cm³/mol. The molecule has 2 rings (SSSR count). The summed E-state index contributed by atoms with van der Waals surface area (Å²) in [6, 6.07) is 1.65. The van der Waals surface area contributed by atoms with E-state index in [1.807, 2.05) is 0 Å². The molecular weight excluding hydrogens is 350 g/mol. The monoisotopic (exact) mass is 403 g/mol. The van der Waals surface area contributed by atoms with Gasteiger partial charge in [-0.3, -0.25) is 4.90 Å². The first kappa shape index (κ1) is 25.0. The molecule has 1 nitrogen and oxygen atoms in total. The summed E-state index contributed by atoms with van der Waals surface area (Å²) in [4.78, 5) is 2.96. The van der Waals surface area contributed by atoms with Gasteiger partial charge in [-0.2, -0.15) is 0 Å². The molecule has 170 valence electrons. The minimum Gasteiger partial charge on any atom is -0.297 e. The molecule has 0 bridgehead atoms. The Balaban J connectivity index is 2.11. The van der Waals surface area contributed by atoms with Gasteiger partial charge in [0.2, 0.25) is 0 Å². The lowest BCUT2D eigenvalue weighted by Gasteiger charge is -2.39. The van der Waals surface area contributed by atoms with Crippen LogP contribution in [0.5, 0.6) is 0 Å². The molecule has 1 aliphatic heterocycles. The van der Waals surface area contributed by atoms with Crippen molar-refractivity contribution >= 4 is 0 Å². The summed E-state index contributed by atoms with van der Waals surface area (Å²) in [5, 5.41) is 0. The van der Waals surface area contributed by atoms with E-state index in [-0.39, 0.29) is 0 Å². The summed E-state index contributed by atoms with van der Waals surface area (Å²) in [5.41, 5.74) is 0. The third kappa shape index (κ3) is 7.41. The van der Waals surface area contributed by atoms with E-state index in [2.05, 4.69) is 58.6 Å². The summed E-state index contributed by atoms with van der Waals surface area (Å²) < 4.78 is 0. The van der Waals surface area contributed by atoms with Crippen molar-refractivity contribution in [2.24, 2.45) is 29.6 Å². The molecule has 0 aromatic rings. The van der Waals surface area contributed by atoms with E-state index in [1.54, 1.807) is 0 Å². The van der Waals surface area contributed by atoms with E-state index in [0.29, 0.717) is 0 Å². The van der Waals surface area contributed by atoms with Crippen molar-refractivity contribution in [3.05, 3.63) is 12.2 Å². The van der Waals surface area contributed by atoms with E-state index >= 15 is 0 Å². The average molecular weight is 404 g/mol. The van der Waals surface area contributed by atoms with Gasteiger partial charge in [-0.15, -0.1) is 0 Å². The van der Waals surface area contributed by atoms with Crippen LogP contribution in [-0.4, -0.2) is 23.5 Å². The summed E-state index contributed by atoms with van der Waals surface area (Å²) in [5.74, 6) is 4.33. The van der Waals surface area contributed by atoms with Crippen LogP contribution in [0, 0.1) is 29.6 Å². The third-order valence-electron chi connectivity index (χ3n) is 8.49. The molecule has 5 unspecified atom stereocenters. The number of hydrogen-bond acceptors (Lipinski definition) is 1. The summed E-state index contributed by atoms with van der Waals surface area (Å²) in [6.07, 6.45) is 21.8. The van der Waals surface area contributed by atoms with Crippen molar-refractivity contribution in [2.45, 2.75) is 131 Å². The normalized spacial score (nSPS) is 30.0. The van der Waals surface area contributed by atoms with E-state index < -0.39 is 0 Å². The maximum absolute atomic E-state index is 2.96. The van der Waals surface area contributed by atoms with Crippen molar-refractivity contribution in [1.82, 2.24) is 4.90 Å². The minimum atomic E-state index is 0.771. The molecule has 0 radical (unpaired) electrons. The van der Waals surface area contributed by atoms with Crippen molar-refractivity contribution in [3.8, 4) is 0 Å². The molecule has 1 heteroatoms. The summed E-state index contributed by atoms with van der Waals surface area (Å²) in [6.45, 7) is 16.1. The second-order valence-corrected chi connectivity index (χ2v) is 10.9. The highest BCUT2D eigenvalue weighted by Crippen LogP contribution is 2.42. The lowest BCUT2D eigenvalue weighted by molar-refractivity contribution is 0.0937. The van der Waals surface area contributed by atoms with Gasteiger partial charge in [0, 0.05) is 12.1 Å². The van der Waals surface area contributed by atoms with Crippen LogP contribution in [0.3, 0.4) is 0 Å². The first-order valence-corrected chi connectivity index (χ1v) is 13.4. The van der Waals surface area contributed by atoms with Crippen LogP contribution in [0.2, 0.25) is 0 Å². The highest BCUT2D eigenvalue weighted by molar-refractivity contribution is 4.92. The number of allylic oxidation sites excluding steroid dienone is 2. The second kappa shape index (κ2) is 13.2. The molecule has 2 fully saturated rings. The maximum Gasteiger partial charge on any atom is 0.00981 e. The Morgan fingerprint density at radius 3 is 2.28 bits per heavy atom. The lowest BCUT2D eigenvalue weighted by Crippen LogP contribution is -2.44. The van der Waals surface area contributed by atoms with E-state index in [4.69, 9.17) is 0 Å². The number of hydrogen-bond donors (Lipinski definition) is 0. The Hall–Kier alpha value is -0.300. The van der Waals surface area contributed by atoms with Gasteiger partial charge in [-0.1, -0.05) is 85.3 Å². The molecule has 29 heavy (non-hydrogen) atoms. The zero-order valence-corrected chi connectivity index (χ0v) is 20.8. The van der Waals surface area contributed by atoms with Crippen molar-refractivity contribution in [2.75, 3.05) is 6.54 Å². The first-order valence-electron chi connectivity index (χ1n) is 13.4. The van der Waals surface area contributed by atoms with Gasteiger partial charge in [0.15, 0.2) is 0 Å². The molecule has 0 aromatic heterocycles. The number of unbranched alkanes of at least 4 members (excludes halogenated alkanes) is 1. The lowest BCUT2D eigenvalue weighted by atomic mass is 9.69. The largest absolute Gasteiger partial charge is 0.297 e. The SMILES string of the molecule is CCC/C=C\CC(C(C)C)C(CCC)C1CCN(C2CCCCC2)C(C)C(C)C1. The Morgan fingerprint density at radius 2 is 1.66 bits per heavy atom. The van der Waals surface area contributed by atoms with E-state index in [1.165, 1.54) is 83.6 Å². The number of nitrogens with zero attached hydrogens (tertiary/aromatic N) is 1. The molecule has 0 N–H and O–H groups in total. The van der Waals surface area contributed by atoms with Gasteiger partial charge >= 0.3 is 0 Å². The molecule has 2 aliphatic rings. The fourth-order valence-electron chi connectivity index (χ4n) is 6.57. The zero-order valence-electron chi connectivity index (χ0n) is 20.8. The van der Waals surface area contributed by atoms with Crippen molar-refractivity contribution in [1.29, 1.82) is 0 Å². The fourth-order valence-corrected chi connectivity index (χ4v) is 6.57. The quantitative estimate of drug-likeness (QED) is 0.330. The molecule has 5 atom stereocenters. The Morgan fingerprint density at radius 1 is 0.931 bits per heavy atom. The van der Waals surface area contributed by atoms with Gasteiger partial charge in [0.05, 0.1) is 0 Å². The number of rotatable bonds is 10. The maximum atomic E-state index is 2.96. The van der Waals surface area contributed by atoms with E-state index in [9.17, 15) is 0 Å². The Labute approximate surface area is 184 Å². The average Bonchev–Trinajstić information content (AvgIpc) is 2.86. The molecular formula is C28H53N. The van der Waals surface area contributed by atoms with Crippen LogP contribution in [0.25, 0.3) is 0 Å². The summed E-state index contributed by atoms with van der Waals surface area (Å²) in [7, 11) is 0. The van der Waals surface area contributed by atoms with Gasteiger partial charge in [0.1, 0.15) is 0 Å². The highest BCUT2D eigenvalue weighted by atomic mass is 15.2. The zero-order chi connectivity index (χ0) is 21.2. The summed E-state index contributed by atoms with van der Waals surface area (Å²) >= 11 is 0. The van der Waals surface area contributed by atoms with Crippen LogP contribution in [0.15, 0.2) is 12.2 Å². The predicted octanol–water partition coefficient (Wildman–Crippen LogP) is 8.49. The van der Waals surface area contributed by atoms with Crippen LogP contribution < -0.4 is 0 Å². The molecule has 0 spiro atoms. The Kier molecular flexibility index (Phi) is 11.4. The van der Waals surface area contributed by atoms with Crippen LogP contribution >= 0.6 is 0 Å². The van der Waals surface area contributed by atoms with Crippen LogP contribution in [-0.2, 0) is 0 Å². The molecule has 1 saturated heterocycles. The standard InChI is InChI=1S/C28H53N/c1-7-9-10-14-18-27(22(3)4)28(15-8-2)25-19-20-29(24(6)23(5)21-25)26-16-12-11-13-17-26/h10,14,22-28H,7-9,11-13,15-21H2,1-6H3/b14-10-. The van der Waals surface area contributed by atoms with Gasteiger partial charge in [0.25, 0.3) is 0 Å². The number of likely N-dealkylation sites (tertiary alicyclic amines) is 1. The second-order valence-electron chi connectivity index (χ2n) is 10.9. The fraction of sp³-hybridized carbons (Fsp3) is 0.929. The molecule has 1 heterocycles. The van der Waals surface area contributed by atoms with Crippen molar-refractivity contribution in [3.63, 3.8) is 0 Å². The van der Waals surface area contributed by atoms with Gasteiger partial charge in [-0.05, 0) is 81.6 Å².